The average Bonchev–Trinajstić information content (AvgIpc) is 2.28. The first-order valence-electron chi connectivity index (χ1n) is 6.09. The van der Waals surface area contributed by atoms with Gasteiger partial charge in [-0.15, -0.1) is 0 Å². The van der Waals surface area contributed by atoms with Crippen LogP contribution >= 0.6 is 0 Å². The second kappa shape index (κ2) is 4.87. The second-order valence-corrected chi connectivity index (χ2v) is 4.71. The fourth-order valence-corrected chi connectivity index (χ4v) is 2.31. The number of rotatable bonds is 2. The van der Waals surface area contributed by atoms with Crippen LogP contribution in [0.25, 0.3) is 0 Å². The third-order valence-corrected chi connectivity index (χ3v) is 3.21. The molecule has 1 aliphatic rings. The first kappa shape index (κ1) is 12.1. The van der Waals surface area contributed by atoms with E-state index in [-0.39, 0.29) is 0 Å². The van der Waals surface area contributed by atoms with Crippen LogP contribution in [0, 0.1) is 6.92 Å². The maximum atomic E-state index is 4.54. The van der Waals surface area contributed by atoms with Crippen LogP contribution in [0.1, 0.15) is 12.7 Å². The fraction of sp³-hybridized carbons (Fsp3) is 0.667. The van der Waals surface area contributed by atoms with Crippen molar-refractivity contribution in [1.82, 2.24) is 14.9 Å². The Morgan fingerprint density at radius 3 is 2.76 bits per heavy atom. The summed E-state index contributed by atoms with van der Waals surface area (Å²) in [5, 5.41) is 3.08. The Balaban J connectivity index is 2.24. The molecule has 1 N–H and O–H groups in total. The molecule has 94 valence electrons. The highest BCUT2D eigenvalue weighted by Gasteiger charge is 2.23. The first-order chi connectivity index (χ1) is 8.10. The van der Waals surface area contributed by atoms with Crippen molar-refractivity contribution in [3.63, 3.8) is 0 Å². The van der Waals surface area contributed by atoms with E-state index in [1.54, 1.807) is 0 Å². The molecule has 2 heterocycles. The molecule has 5 heteroatoms. The molecule has 0 spiro atoms. The molecule has 1 unspecified atom stereocenters. The van der Waals surface area contributed by atoms with Crippen LogP contribution in [0.15, 0.2) is 6.07 Å². The summed E-state index contributed by atoms with van der Waals surface area (Å²) in [5.74, 6) is 2.74. The highest BCUT2D eigenvalue weighted by atomic mass is 15.3. The van der Waals surface area contributed by atoms with Crippen LogP contribution in [0.2, 0.25) is 0 Å². The summed E-state index contributed by atoms with van der Waals surface area (Å²) < 4.78 is 0. The molecule has 0 amide bonds. The van der Waals surface area contributed by atoms with Crippen LogP contribution < -0.4 is 10.2 Å². The summed E-state index contributed by atoms with van der Waals surface area (Å²) in [6.45, 7) is 7.37. The predicted octanol–water partition coefficient (Wildman–Crippen LogP) is 0.967. The number of nitrogens with zero attached hydrogens (tertiary/aromatic N) is 4. The maximum absolute atomic E-state index is 4.54. The lowest BCUT2D eigenvalue weighted by atomic mass is 10.2. The number of aryl methyl sites for hydroxylation is 1. The Morgan fingerprint density at radius 2 is 2.12 bits per heavy atom. The zero-order valence-electron chi connectivity index (χ0n) is 11.1. The first-order valence-corrected chi connectivity index (χ1v) is 6.09. The Bertz CT molecular complexity index is 392. The summed E-state index contributed by atoms with van der Waals surface area (Å²) in [7, 11) is 4.05. The lowest BCUT2D eigenvalue weighted by Crippen LogP contribution is -2.50. The number of anilines is 2. The van der Waals surface area contributed by atoms with Gasteiger partial charge in [0.1, 0.15) is 17.5 Å². The molecule has 1 saturated heterocycles. The minimum absolute atomic E-state index is 0.493. The zero-order valence-corrected chi connectivity index (χ0v) is 11.1. The standard InChI is InChI=1S/C12H21N5/c1-9-8-16(4)5-6-17(9)12-7-11(13-3)14-10(2)15-12/h7,9H,5-6,8H2,1-4H3,(H,13,14,15). The van der Waals surface area contributed by atoms with E-state index >= 15 is 0 Å². The molecule has 0 bridgehead atoms. The van der Waals surface area contributed by atoms with Gasteiger partial charge in [-0.1, -0.05) is 0 Å². The third-order valence-electron chi connectivity index (χ3n) is 3.21. The minimum Gasteiger partial charge on any atom is -0.373 e. The van der Waals surface area contributed by atoms with Crippen molar-refractivity contribution < 1.29 is 0 Å². The summed E-state index contributed by atoms with van der Waals surface area (Å²) in [5.41, 5.74) is 0. The van der Waals surface area contributed by atoms with Gasteiger partial charge in [-0.3, -0.25) is 0 Å². The largest absolute Gasteiger partial charge is 0.373 e. The Morgan fingerprint density at radius 1 is 1.35 bits per heavy atom. The number of hydrogen-bond donors (Lipinski definition) is 1. The van der Waals surface area contributed by atoms with Crippen molar-refractivity contribution in [2.24, 2.45) is 0 Å². The highest BCUT2D eigenvalue weighted by Crippen LogP contribution is 2.20. The normalized spacial score (nSPS) is 21.6. The van der Waals surface area contributed by atoms with Gasteiger partial charge in [0.25, 0.3) is 0 Å². The number of nitrogens with one attached hydrogen (secondary N) is 1. The number of hydrogen-bond acceptors (Lipinski definition) is 5. The average molecular weight is 235 g/mol. The molecule has 0 aliphatic carbocycles. The van der Waals surface area contributed by atoms with E-state index in [0.29, 0.717) is 6.04 Å². The minimum atomic E-state index is 0.493. The quantitative estimate of drug-likeness (QED) is 0.827. The molecule has 1 aliphatic heterocycles. The molecule has 1 aromatic rings. The summed E-state index contributed by atoms with van der Waals surface area (Å²) in [6.07, 6.45) is 0. The van der Waals surface area contributed by atoms with Crippen molar-refractivity contribution in [3.8, 4) is 0 Å². The van der Waals surface area contributed by atoms with Gasteiger partial charge in [0.2, 0.25) is 0 Å². The summed E-state index contributed by atoms with van der Waals surface area (Å²) >= 11 is 0. The van der Waals surface area contributed by atoms with E-state index in [1.807, 2.05) is 20.0 Å². The Hall–Kier alpha value is -1.36. The van der Waals surface area contributed by atoms with Crippen molar-refractivity contribution in [2.75, 3.05) is 43.9 Å². The van der Waals surface area contributed by atoms with E-state index < -0.39 is 0 Å². The number of piperazine rings is 1. The van der Waals surface area contributed by atoms with Crippen LogP contribution in [-0.2, 0) is 0 Å². The molecule has 0 radical (unpaired) electrons. The van der Waals surface area contributed by atoms with Crippen LogP contribution in [0.3, 0.4) is 0 Å². The zero-order chi connectivity index (χ0) is 12.4. The lowest BCUT2D eigenvalue weighted by molar-refractivity contribution is 0.274. The highest BCUT2D eigenvalue weighted by molar-refractivity contribution is 5.50. The van der Waals surface area contributed by atoms with E-state index in [1.165, 1.54) is 0 Å². The monoisotopic (exact) mass is 235 g/mol. The molecule has 17 heavy (non-hydrogen) atoms. The van der Waals surface area contributed by atoms with Gasteiger partial charge >= 0.3 is 0 Å². The van der Waals surface area contributed by atoms with Gasteiger partial charge < -0.3 is 15.1 Å². The predicted molar refractivity (Wildman–Crippen MR) is 70.6 cm³/mol. The summed E-state index contributed by atoms with van der Waals surface area (Å²) in [4.78, 5) is 13.6. The van der Waals surface area contributed by atoms with Crippen LogP contribution in [-0.4, -0.2) is 54.6 Å². The van der Waals surface area contributed by atoms with E-state index in [0.717, 1.165) is 37.1 Å². The van der Waals surface area contributed by atoms with Crippen LogP contribution in [0.4, 0.5) is 11.6 Å². The van der Waals surface area contributed by atoms with Crippen molar-refractivity contribution in [3.05, 3.63) is 11.9 Å². The molecule has 0 aromatic carbocycles. The van der Waals surface area contributed by atoms with Gasteiger partial charge in [0.15, 0.2) is 0 Å². The summed E-state index contributed by atoms with van der Waals surface area (Å²) in [6, 6.07) is 2.52. The third kappa shape index (κ3) is 2.66. The molecule has 1 aromatic heterocycles. The smallest absolute Gasteiger partial charge is 0.134 e. The lowest BCUT2D eigenvalue weighted by Gasteiger charge is -2.39. The number of aromatic nitrogens is 2. The van der Waals surface area contributed by atoms with Crippen LogP contribution in [0.5, 0.6) is 0 Å². The van der Waals surface area contributed by atoms with Crippen molar-refractivity contribution in [2.45, 2.75) is 19.9 Å². The maximum Gasteiger partial charge on any atom is 0.134 e. The fourth-order valence-electron chi connectivity index (χ4n) is 2.31. The van der Waals surface area contributed by atoms with Crippen molar-refractivity contribution >= 4 is 11.6 Å². The molecule has 0 saturated carbocycles. The van der Waals surface area contributed by atoms with E-state index in [9.17, 15) is 0 Å². The van der Waals surface area contributed by atoms with Gasteiger partial charge in [-0.25, -0.2) is 9.97 Å². The van der Waals surface area contributed by atoms with Gasteiger partial charge in [-0.2, -0.15) is 0 Å². The topological polar surface area (TPSA) is 44.3 Å². The Kier molecular flexibility index (Phi) is 3.47. The second-order valence-electron chi connectivity index (χ2n) is 4.71. The molecule has 5 nitrogen and oxygen atoms in total. The van der Waals surface area contributed by atoms with Gasteiger partial charge in [0.05, 0.1) is 0 Å². The molecule has 1 fully saturated rings. The van der Waals surface area contributed by atoms with Gasteiger partial charge in [-0.05, 0) is 20.9 Å². The Labute approximate surface area is 103 Å². The molecular formula is C12H21N5. The molecular weight excluding hydrogens is 214 g/mol. The SMILES string of the molecule is CNc1cc(N2CCN(C)CC2C)nc(C)n1. The molecule has 2 rings (SSSR count). The van der Waals surface area contributed by atoms with Gasteiger partial charge in [0, 0.05) is 38.8 Å². The molecule has 1 atom stereocenters. The number of likely N-dealkylation sites (N-methyl/N-ethyl adjacent to an activating group) is 1. The van der Waals surface area contributed by atoms with E-state index in [2.05, 4.69) is 39.1 Å². The van der Waals surface area contributed by atoms with Crippen molar-refractivity contribution in [1.29, 1.82) is 0 Å². The van der Waals surface area contributed by atoms with E-state index in [4.69, 9.17) is 0 Å².